The van der Waals surface area contributed by atoms with Crippen LogP contribution in [0.5, 0.6) is 0 Å². The average molecular weight is 462 g/mol. The lowest BCUT2D eigenvalue weighted by atomic mass is 10.1. The van der Waals surface area contributed by atoms with E-state index in [1.54, 1.807) is 54.6 Å². The predicted molar refractivity (Wildman–Crippen MR) is 123 cm³/mol. The molecule has 0 saturated carbocycles. The van der Waals surface area contributed by atoms with Gasteiger partial charge < -0.3 is 15.4 Å². The Bertz CT molecular complexity index is 943. The molecule has 0 aliphatic rings. The second-order valence-corrected chi connectivity index (χ2v) is 8.51. The van der Waals surface area contributed by atoms with E-state index in [4.69, 9.17) is 28.6 Å². The summed E-state index contributed by atoms with van der Waals surface area (Å²) in [4.78, 5) is 37.2. The molecule has 0 heterocycles. The van der Waals surface area contributed by atoms with Crippen LogP contribution in [0.2, 0.25) is 5.02 Å². The maximum absolute atomic E-state index is 12.7. The maximum Gasteiger partial charge on any atom is 0.326 e. The molecule has 0 aromatic heterocycles. The van der Waals surface area contributed by atoms with Crippen LogP contribution in [0.4, 0.5) is 0 Å². The summed E-state index contributed by atoms with van der Waals surface area (Å²) in [5.41, 5.74) is 0.380. The summed E-state index contributed by atoms with van der Waals surface area (Å²) in [5.74, 6) is -1.60. The highest BCUT2D eigenvalue weighted by Gasteiger charge is 2.28. The summed E-state index contributed by atoms with van der Waals surface area (Å²) >= 11 is 11.0. The second kappa shape index (κ2) is 10.9. The Morgan fingerprint density at radius 3 is 2.23 bits per heavy atom. The first kappa shape index (κ1) is 24.3. The molecule has 0 bridgehead atoms. The van der Waals surface area contributed by atoms with Gasteiger partial charge in [0, 0.05) is 21.7 Å². The number of rotatable bonds is 6. The van der Waals surface area contributed by atoms with Crippen molar-refractivity contribution in [3.8, 4) is 0 Å². The van der Waals surface area contributed by atoms with Gasteiger partial charge in [-0.1, -0.05) is 41.9 Å². The van der Waals surface area contributed by atoms with E-state index >= 15 is 0 Å². The van der Waals surface area contributed by atoms with Crippen molar-refractivity contribution in [1.82, 2.24) is 16.0 Å². The quantitative estimate of drug-likeness (QED) is 0.451. The molecule has 0 spiro atoms. The van der Waals surface area contributed by atoms with Gasteiger partial charge in [0.2, 0.25) is 6.10 Å². The number of ether oxygens (including phenoxy) is 1. The molecule has 1 unspecified atom stereocenters. The van der Waals surface area contributed by atoms with Crippen LogP contribution in [-0.2, 0) is 14.3 Å². The number of nitrogens with one attached hydrogen (secondary N) is 3. The zero-order chi connectivity index (χ0) is 23.0. The van der Waals surface area contributed by atoms with Crippen LogP contribution in [0, 0.1) is 0 Å². The van der Waals surface area contributed by atoms with Gasteiger partial charge in [-0.15, -0.1) is 0 Å². The molecule has 7 nitrogen and oxygen atoms in total. The number of benzene rings is 2. The minimum atomic E-state index is -1.17. The normalized spacial score (nSPS) is 11.7. The van der Waals surface area contributed by atoms with Crippen molar-refractivity contribution in [1.29, 1.82) is 0 Å². The summed E-state index contributed by atoms with van der Waals surface area (Å²) in [6, 6.07) is 14.9. The van der Waals surface area contributed by atoms with E-state index < -0.39 is 29.4 Å². The number of carbonyl (C=O) groups is 3. The van der Waals surface area contributed by atoms with Gasteiger partial charge in [0.1, 0.15) is 6.54 Å². The van der Waals surface area contributed by atoms with E-state index in [0.717, 1.165) is 0 Å². The fraction of sp³-hybridized carbons (Fsp3) is 0.273. The van der Waals surface area contributed by atoms with Crippen LogP contribution in [0.1, 0.15) is 42.8 Å². The molecule has 0 saturated heterocycles. The van der Waals surface area contributed by atoms with Crippen molar-refractivity contribution in [3.05, 3.63) is 70.7 Å². The van der Waals surface area contributed by atoms with Crippen molar-refractivity contribution in [3.63, 3.8) is 0 Å². The van der Waals surface area contributed by atoms with Crippen LogP contribution in [-0.4, -0.2) is 35.0 Å². The summed E-state index contributed by atoms with van der Waals surface area (Å²) in [5, 5.41) is 8.34. The lowest BCUT2D eigenvalue weighted by Gasteiger charge is -2.25. The van der Waals surface area contributed by atoms with Gasteiger partial charge in [0.15, 0.2) is 5.11 Å². The van der Waals surface area contributed by atoms with Gasteiger partial charge in [-0.25, -0.2) is 0 Å². The molecule has 0 fully saturated rings. The first-order chi connectivity index (χ1) is 14.5. The first-order valence-corrected chi connectivity index (χ1v) is 10.2. The number of hydrogen-bond acceptors (Lipinski definition) is 5. The van der Waals surface area contributed by atoms with Crippen LogP contribution in [0.3, 0.4) is 0 Å². The van der Waals surface area contributed by atoms with E-state index in [-0.39, 0.29) is 11.7 Å². The zero-order valence-electron chi connectivity index (χ0n) is 17.4. The van der Waals surface area contributed by atoms with Crippen LogP contribution < -0.4 is 16.0 Å². The molecule has 0 aliphatic heterocycles. The molecule has 3 N–H and O–H groups in total. The van der Waals surface area contributed by atoms with Gasteiger partial charge >= 0.3 is 5.97 Å². The Hall–Kier alpha value is -2.97. The molecule has 164 valence electrons. The third kappa shape index (κ3) is 8.35. The molecule has 31 heavy (non-hydrogen) atoms. The number of hydrogen-bond donors (Lipinski definition) is 3. The van der Waals surface area contributed by atoms with Crippen LogP contribution in [0.15, 0.2) is 54.6 Å². The molecule has 2 aromatic rings. The summed E-state index contributed by atoms with van der Waals surface area (Å²) < 4.78 is 5.40. The van der Waals surface area contributed by atoms with Crippen molar-refractivity contribution >= 4 is 46.7 Å². The predicted octanol–water partition coefficient (Wildman–Crippen LogP) is 3.14. The Morgan fingerprint density at radius 1 is 1.03 bits per heavy atom. The summed E-state index contributed by atoms with van der Waals surface area (Å²) in [6.45, 7) is 5.13. The Balaban J connectivity index is 1.97. The largest absolute Gasteiger partial charge is 0.446 e. The van der Waals surface area contributed by atoms with Gasteiger partial charge in [0.25, 0.3) is 11.8 Å². The van der Waals surface area contributed by atoms with Gasteiger partial charge in [-0.05, 0) is 57.3 Å². The smallest absolute Gasteiger partial charge is 0.326 e. The third-order valence-corrected chi connectivity index (χ3v) is 4.31. The van der Waals surface area contributed by atoms with Gasteiger partial charge in [-0.3, -0.25) is 19.7 Å². The highest BCUT2D eigenvalue weighted by Crippen LogP contribution is 2.21. The van der Waals surface area contributed by atoms with E-state index in [9.17, 15) is 14.4 Å². The zero-order valence-corrected chi connectivity index (χ0v) is 19.0. The molecule has 0 radical (unpaired) electrons. The maximum atomic E-state index is 12.7. The minimum absolute atomic E-state index is 0.0343. The van der Waals surface area contributed by atoms with Crippen molar-refractivity contribution in [2.75, 3.05) is 6.54 Å². The second-order valence-electron chi connectivity index (χ2n) is 7.66. The van der Waals surface area contributed by atoms with E-state index in [1.807, 2.05) is 20.8 Å². The Morgan fingerprint density at radius 2 is 1.65 bits per heavy atom. The molecular weight excluding hydrogens is 438 g/mol. The fourth-order valence-electron chi connectivity index (χ4n) is 2.48. The van der Waals surface area contributed by atoms with E-state index in [1.165, 1.54) is 0 Å². The summed E-state index contributed by atoms with van der Waals surface area (Å²) in [6.07, 6.45) is -1.17. The fourth-order valence-corrected chi connectivity index (χ4v) is 2.77. The SMILES string of the molecule is CC(C)(C)NC(=O)C(OC(=O)CNC(=S)NC(=O)c1ccccc1)c1ccc(Cl)cc1. The van der Waals surface area contributed by atoms with Crippen LogP contribution in [0.25, 0.3) is 0 Å². The monoisotopic (exact) mass is 461 g/mol. The number of thiocarbonyl (C=S) groups is 1. The third-order valence-electron chi connectivity index (χ3n) is 3.81. The Kier molecular flexibility index (Phi) is 8.53. The lowest BCUT2D eigenvalue weighted by Crippen LogP contribution is -2.45. The number of amides is 2. The molecule has 2 amide bonds. The summed E-state index contributed by atoms with van der Waals surface area (Å²) in [7, 11) is 0. The van der Waals surface area contributed by atoms with E-state index in [2.05, 4.69) is 16.0 Å². The molecule has 2 aromatic carbocycles. The average Bonchev–Trinajstić information content (AvgIpc) is 2.70. The molecule has 0 aliphatic carbocycles. The number of esters is 1. The van der Waals surface area contributed by atoms with Crippen LogP contribution >= 0.6 is 23.8 Å². The van der Waals surface area contributed by atoms with E-state index in [0.29, 0.717) is 16.1 Å². The molecular formula is C22H24ClN3O4S. The molecule has 1 atom stereocenters. The van der Waals surface area contributed by atoms with Gasteiger partial charge in [-0.2, -0.15) is 0 Å². The minimum Gasteiger partial charge on any atom is -0.446 e. The highest BCUT2D eigenvalue weighted by atomic mass is 35.5. The number of halogens is 1. The standard InChI is InChI=1S/C22H24ClN3O4S/c1-22(2,3)26-20(29)18(14-9-11-16(23)12-10-14)30-17(27)13-24-21(31)25-19(28)15-7-5-4-6-8-15/h4-12,18H,13H2,1-3H3,(H,26,29)(H2,24,25,28,31). The van der Waals surface area contributed by atoms with Crippen molar-refractivity contribution in [2.24, 2.45) is 0 Å². The number of carbonyl (C=O) groups excluding carboxylic acids is 3. The van der Waals surface area contributed by atoms with Crippen molar-refractivity contribution < 1.29 is 19.1 Å². The van der Waals surface area contributed by atoms with Crippen molar-refractivity contribution in [2.45, 2.75) is 32.4 Å². The van der Waals surface area contributed by atoms with Gasteiger partial charge in [0.05, 0.1) is 0 Å². The molecule has 9 heteroatoms. The first-order valence-electron chi connectivity index (χ1n) is 9.46. The lowest BCUT2D eigenvalue weighted by molar-refractivity contribution is -0.156. The Labute approximate surface area is 191 Å². The topological polar surface area (TPSA) is 96.5 Å². The molecule has 2 rings (SSSR count). The highest BCUT2D eigenvalue weighted by molar-refractivity contribution is 7.80.